The van der Waals surface area contributed by atoms with Crippen molar-refractivity contribution in [2.24, 2.45) is 5.84 Å². The van der Waals surface area contributed by atoms with Crippen LogP contribution >= 0.6 is 0 Å². The number of aromatic nitrogens is 1. The molecular weight excluding hydrogens is 241 g/mol. The average Bonchev–Trinajstić information content (AvgIpc) is 2.38. The fourth-order valence-electron chi connectivity index (χ4n) is 2.26. The van der Waals surface area contributed by atoms with Crippen LogP contribution < -0.4 is 11.3 Å². The molecule has 0 fully saturated rings. The highest BCUT2D eigenvalue weighted by atomic mass is 19.1. The molecule has 1 aromatic heterocycles. The zero-order chi connectivity index (χ0) is 14.0. The van der Waals surface area contributed by atoms with E-state index in [1.807, 2.05) is 13.8 Å². The first kappa shape index (κ1) is 13.6. The fourth-order valence-corrected chi connectivity index (χ4v) is 2.26. The van der Waals surface area contributed by atoms with E-state index in [4.69, 9.17) is 5.84 Å². The van der Waals surface area contributed by atoms with Crippen molar-refractivity contribution in [1.82, 2.24) is 10.4 Å². The maximum absolute atomic E-state index is 13.9. The zero-order valence-corrected chi connectivity index (χ0v) is 11.4. The van der Waals surface area contributed by atoms with Crippen LogP contribution in [0.2, 0.25) is 0 Å². The fraction of sp³-hybridized carbons (Fsp3) is 0.267. The van der Waals surface area contributed by atoms with E-state index >= 15 is 0 Å². The summed E-state index contributed by atoms with van der Waals surface area (Å²) in [6.45, 7) is 6.10. The molecule has 0 bridgehead atoms. The monoisotopic (exact) mass is 259 g/mol. The van der Waals surface area contributed by atoms with Gasteiger partial charge in [0.1, 0.15) is 5.82 Å². The van der Waals surface area contributed by atoms with E-state index in [0.29, 0.717) is 5.56 Å². The summed E-state index contributed by atoms with van der Waals surface area (Å²) in [5.41, 5.74) is 7.64. The van der Waals surface area contributed by atoms with Crippen LogP contribution in [0.15, 0.2) is 30.6 Å². The van der Waals surface area contributed by atoms with Gasteiger partial charge in [0.2, 0.25) is 0 Å². The number of halogens is 1. The Labute approximate surface area is 112 Å². The van der Waals surface area contributed by atoms with Gasteiger partial charge >= 0.3 is 0 Å². The number of hydrazine groups is 1. The largest absolute Gasteiger partial charge is 0.271 e. The molecule has 0 spiro atoms. The highest BCUT2D eigenvalue weighted by Gasteiger charge is 2.18. The van der Waals surface area contributed by atoms with Gasteiger partial charge in [-0.15, -0.1) is 0 Å². The van der Waals surface area contributed by atoms with Crippen LogP contribution in [-0.4, -0.2) is 4.98 Å². The van der Waals surface area contributed by atoms with Crippen LogP contribution in [0.1, 0.15) is 33.9 Å². The van der Waals surface area contributed by atoms with Gasteiger partial charge in [-0.25, -0.2) is 9.82 Å². The molecular formula is C15H18FN3. The van der Waals surface area contributed by atoms with Gasteiger partial charge in [-0.3, -0.25) is 10.8 Å². The summed E-state index contributed by atoms with van der Waals surface area (Å²) < 4.78 is 13.9. The van der Waals surface area contributed by atoms with Crippen LogP contribution in [0.25, 0.3) is 0 Å². The highest BCUT2D eigenvalue weighted by molar-refractivity contribution is 5.42. The van der Waals surface area contributed by atoms with Crippen molar-refractivity contribution < 1.29 is 4.39 Å². The molecule has 1 atom stereocenters. The second-order valence-corrected chi connectivity index (χ2v) is 4.79. The van der Waals surface area contributed by atoms with Crippen LogP contribution in [0, 0.1) is 26.6 Å². The molecule has 1 unspecified atom stereocenters. The van der Waals surface area contributed by atoms with Crippen LogP contribution in [0.4, 0.5) is 4.39 Å². The van der Waals surface area contributed by atoms with E-state index < -0.39 is 0 Å². The zero-order valence-electron chi connectivity index (χ0n) is 11.4. The van der Waals surface area contributed by atoms with Crippen molar-refractivity contribution in [3.8, 4) is 0 Å². The van der Waals surface area contributed by atoms with E-state index in [1.165, 1.54) is 11.8 Å². The second-order valence-electron chi connectivity index (χ2n) is 4.79. The normalized spacial score (nSPS) is 12.5. The number of aryl methyl sites for hydroxylation is 3. The molecule has 0 aliphatic rings. The molecule has 0 radical (unpaired) electrons. The molecule has 0 aliphatic carbocycles. The first-order chi connectivity index (χ1) is 9.04. The minimum absolute atomic E-state index is 0.358. The molecule has 0 saturated heterocycles. The van der Waals surface area contributed by atoms with Crippen molar-refractivity contribution in [3.05, 3.63) is 64.2 Å². The third-order valence-corrected chi connectivity index (χ3v) is 3.47. The Hall–Kier alpha value is -1.78. The molecule has 1 heterocycles. The van der Waals surface area contributed by atoms with E-state index in [1.54, 1.807) is 12.3 Å². The van der Waals surface area contributed by atoms with Crippen LogP contribution in [-0.2, 0) is 0 Å². The standard InChI is InChI=1S/C15H18FN3/c1-9-6-11(3)13(7-10(9)2)15(19-17)12-4-5-18-8-14(12)16/h4-8,15,19H,17H2,1-3H3. The lowest BCUT2D eigenvalue weighted by Crippen LogP contribution is -2.30. The average molecular weight is 259 g/mol. The number of rotatable bonds is 3. The summed E-state index contributed by atoms with van der Waals surface area (Å²) in [6.07, 6.45) is 2.77. The van der Waals surface area contributed by atoms with Crippen molar-refractivity contribution >= 4 is 0 Å². The number of nitrogens with two attached hydrogens (primary N) is 1. The molecule has 0 amide bonds. The van der Waals surface area contributed by atoms with Gasteiger partial charge in [-0.2, -0.15) is 0 Å². The third kappa shape index (κ3) is 2.64. The molecule has 3 nitrogen and oxygen atoms in total. The number of pyridine rings is 1. The van der Waals surface area contributed by atoms with Crippen molar-refractivity contribution in [2.45, 2.75) is 26.8 Å². The van der Waals surface area contributed by atoms with Crippen LogP contribution in [0.3, 0.4) is 0 Å². The summed E-state index contributed by atoms with van der Waals surface area (Å²) in [5, 5.41) is 0. The molecule has 0 aliphatic heterocycles. The quantitative estimate of drug-likeness (QED) is 0.658. The molecule has 19 heavy (non-hydrogen) atoms. The van der Waals surface area contributed by atoms with Gasteiger partial charge < -0.3 is 0 Å². The summed E-state index contributed by atoms with van der Waals surface area (Å²) in [7, 11) is 0. The molecule has 2 rings (SSSR count). The molecule has 2 aromatic rings. The SMILES string of the molecule is Cc1cc(C)c(C(NN)c2ccncc2F)cc1C. The number of nitrogens with one attached hydrogen (secondary N) is 1. The molecule has 100 valence electrons. The summed E-state index contributed by atoms with van der Waals surface area (Å²) >= 11 is 0. The Morgan fingerprint density at radius 2 is 1.79 bits per heavy atom. The molecule has 1 aromatic carbocycles. The maximum Gasteiger partial charge on any atom is 0.146 e. The van der Waals surface area contributed by atoms with Gasteiger partial charge in [0.05, 0.1) is 12.2 Å². The Balaban J connectivity index is 2.55. The Morgan fingerprint density at radius 1 is 1.11 bits per heavy atom. The highest BCUT2D eigenvalue weighted by Crippen LogP contribution is 2.27. The third-order valence-electron chi connectivity index (χ3n) is 3.47. The minimum atomic E-state index is -0.373. The van der Waals surface area contributed by atoms with Crippen LogP contribution in [0.5, 0.6) is 0 Å². The molecule has 3 N–H and O–H groups in total. The van der Waals surface area contributed by atoms with Gasteiger partial charge in [0.15, 0.2) is 0 Å². The Morgan fingerprint density at radius 3 is 2.42 bits per heavy atom. The number of hydrogen-bond donors (Lipinski definition) is 2. The van der Waals surface area contributed by atoms with E-state index in [0.717, 1.165) is 16.7 Å². The second kappa shape index (κ2) is 5.47. The Kier molecular flexibility index (Phi) is 3.93. The van der Waals surface area contributed by atoms with Gasteiger partial charge in [0, 0.05) is 11.8 Å². The predicted molar refractivity (Wildman–Crippen MR) is 74.0 cm³/mol. The maximum atomic E-state index is 13.9. The summed E-state index contributed by atoms with van der Waals surface area (Å²) in [5.74, 6) is 5.27. The van der Waals surface area contributed by atoms with Gasteiger partial charge in [0.25, 0.3) is 0 Å². The lowest BCUT2D eigenvalue weighted by molar-refractivity contribution is 0.554. The summed E-state index contributed by atoms with van der Waals surface area (Å²) in [4.78, 5) is 3.77. The minimum Gasteiger partial charge on any atom is -0.271 e. The van der Waals surface area contributed by atoms with Crippen molar-refractivity contribution in [1.29, 1.82) is 0 Å². The van der Waals surface area contributed by atoms with Crippen molar-refractivity contribution in [3.63, 3.8) is 0 Å². The molecule has 0 saturated carbocycles. The molecule has 4 heteroatoms. The summed E-state index contributed by atoms with van der Waals surface area (Å²) in [6, 6.07) is 5.42. The number of hydrogen-bond acceptors (Lipinski definition) is 3. The smallest absolute Gasteiger partial charge is 0.146 e. The van der Waals surface area contributed by atoms with Gasteiger partial charge in [-0.1, -0.05) is 12.1 Å². The first-order valence-electron chi connectivity index (χ1n) is 6.18. The number of benzene rings is 1. The van der Waals surface area contributed by atoms with E-state index in [-0.39, 0.29) is 11.9 Å². The lowest BCUT2D eigenvalue weighted by Gasteiger charge is -2.20. The lowest BCUT2D eigenvalue weighted by atomic mass is 9.92. The first-order valence-corrected chi connectivity index (χ1v) is 6.18. The van der Waals surface area contributed by atoms with E-state index in [9.17, 15) is 4.39 Å². The number of nitrogens with zero attached hydrogens (tertiary/aromatic N) is 1. The topological polar surface area (TPSA) is 50.9 Å². The van der Waals surface area contributed by atoms with Crippen molar-refractivity contribution in [2.75, 3.05) is 0 Å². The predicted octanol–water partition coefficient (Wildman–Crippen LogP) is 2.70. The van der Waals surface area contributed by atoms with E-state index in [2.05, 4.69) is 29.5 Å². The van der Waals surface area contributed by atoms with Gasteiger partial charge in [-0.05, 0) is 49.1 Å². The Bertz CT molecular complexity index is 596.